The number of hydrogen-bond donors (Lipinski definition) is 4. The average molecular weight is 313 g/mol. The number of carbonyl (C=O) groups is 1. The molecule has 0 aliphatic carbocycles. The first-order chi connectivity index (χ1) is 9.72. The van der Waals surface area contributed by atoms with Crippen LogP contribution in [0.3, 0.4) is 0 Å². The summed E-state index contributed by atoms with van der Waals surface area (Å²) in [5.41, 5.74) is 2.02. The minimum absolute atomic E-state index is 0.476. The van der Waals surface area contributed by atoms with Crippen molar-refractivity contribution in [2.24, 2.45) is 0 Å². The summed E-state index contributed by atoms with van der Waals surface area (Å²) >= 11 is 0. The molecular weight excluding hydrogens is 294 g/mol. The molecule has 1 aromatic carbocycles. The summed E-state index contributed by atoms with van der Waals surface area (Å²) < 4.78 is 27.5. The first-order valence-corrected chi connectivity index (χ1v) is 8.09. The Morgan fingerprint density at radius 2 is 1.81 bits per heavy atom. The number of aryl methyl sites for hydroxylation is 2. The number of rotatable bonds is 3. The normalized spacial score (nSPS) is 26.3. The minimum atomic E-state index is -3.94. The maximum atomic E-state index is 12.5. The number of nitrogens with one attached hydrogen (secondary N) is 3. The largest absolute Gasteiger partial charge is 0.361 e. The van der Waals surface area contributed by atoms with E-state index in [1.807, 2.05) is 6.07 Å². The van der Waals surface area contributed by atoms with Gasteiger partial charge in [0.05, 0.1) is 5.69 Å². The van der Waals surface area contributed by atoms with Crippen molar-refractivity contribution >= 4 is 21.6 Å². The van der Waals surface area contributed by atoms with E-state index in [0.717, 1.165) is 11.1 Å². The van der Waals surface area contributed by atoms with Gasteiger partial charge in [-0.05, 0) is 31.9 Å². The molecule has 0 spiro atoms. The van der Waals surface area contributed by atoms with E-state index < -0.39 is 33.6 Å². The highest BCUT2D eigenvalue weighted by molar-refractivity contribution is 7.94. The first-order valence-electron chi connectivity index (χ1n) is 6.54. The fraction of sp³-hybridized carbons (Fsp3) is 0.462. The minimum Gasteiger partial charge on any atom is -0.361 e. The van der Waals surface area contributed by atoms with Gasteiger partial charge in [-0.1, -0.05) is 18.2 Å². The number of para-hydroxylation sites is 1. The van der Waals surface area contributed by atoms with E-state index in [4.69, 9.17) is 0 Å². The highest BCUT2D eigenvalue weighted by Crippen LogP contribution is 2.23. The fourth-order valence-electron chi connectivity index (χ4n) is 2.41. The van der Waals surface area contributed by atoms with Crippen molar-refractivity contribution in [3.8, 4) is 0 Å². The van der Waals surface area contributed by atoms with Gasteiger partial charge < -0.3 is 10.4 Å². The molecule has 1 aliphatic heterocycles. The SMILES string of the molecule is Cc1cccc(C)c1NS(=O)(=O)C1C(=O)NC(O)NC1C. The molecule has 0 aromatic heterocycles. The number of amides is 1. The van der Waals surface area contributed by atoms with Crippen LogP contribution in [0.1, 0.15) is 18.1 Å². The molecule has 3 atom stereocenters. The summed E-state index contributed by atoms with van der Waals surface area (Å²) in [5, 5.41) is 12.8. The van der Waals surface area contributed by atoms with Crippen molar-refractivity contribution in [1.82, 2.24) is 10.6 Å². The Hall–Kier alpha value is -1.64. The number of benzene rings is 1. The van der Waals surface area contributed by atoms with Crippen LogP contribution in [0.4, 0.5) is 5.69 Å². The third-order valence-electron chi connectivity index (χ3n) is 3.47. The lowest BCUT2D eigenvalue weighted by Crippen LogP contribution is -2.65. The van der Waals surface area contributed by atoms with E-state index in [-0.39, 0.29) is 0 Å². The van der Waals surface area contributed by atoms with Gasteiger partial charge in [-0.2, -0.15) is 0 Å². The number of hydrogen-bond acceptors (Lipinski definition) is 5. The molecule has 1 saturated heterocycles. The molecule has 0 saturated carbocycles. The Morgan fingerprint density at radius 3 is 2.33 bits per heavy atom. The van der Waals surface area contributed by atoms with Crippen LogP contribution in [0, 0.1) is 13.8 Å². The molecule has 7 nitrogen and oxygen atoms in total. The number of carbonyl (C=O) groups excluding carboxylic acids is 1. The standard InChI is InChI=1S/C13H19N3O4S/c1-7-5-4-6-8(2)10(7)16-21(19,20)11-9(3)14-13(18)15-12(11)17/h4-6,9,11,13-14,16,18H,1-3H3,(H,15,17). The van der Waals surface area contributed by atoms with E-state index in [1.165, 1.54) is 6.92 Å². The summed E-state index contributed by atoms with van der Waals surface area (Å²) in [6, 6.07) is 4.70. The number of aliphatic hydroxyl groups is 1. The van der Waals surface area contributed by atoms with Crippen LogP contribution in [0.15, 0.2) is 18.2 Å². The van der Waals surface area contributed by atoms with Crippen molar-refractivity contribution in [3.63, 3.8) is 0 Å². The van der Waals surface area contributed by atoms with E-state index >= 15 is 0 Å². The van der Waals surface area contributed by atoms with Crippen molar-refractivity contribution in [2.75, 3.05) is 4.72 Å². The Morgan fingerprint density at radius 1 is 1.24 bits per heavy atom. The Kier molecular flexibility index (Phi) is 4.22. The van der Waals surface area contributed by atoms with E-state index in [2.05, 4.69) is 15.4 Å². The van der Waals surface area contributed by atoms with Crippen molar-refractivity contribution < 1.29 is 18.3 Å². The van der Waals surface area contributed by atoms with E-state index in [9.17, 15) is 18.3 Å². The Balaban J connectivity index is 2.32. The number of aliphatic hydroxyl groups excluding tert-OH is 1. The second-order valence-corrected chi connectivity index (χ2v) is 7.00. The predicted octanol–water partition coefficient (Wildman–Crippen LogP) is -0.202. The zero-order chi connectivity index (χ0) is 15.8. The third-order valence-corrected chi connectivity index (χ3v) is 5.25. The van der Waals surface area contributed by atoms with Gasteiger partial charge in [-0.25, -0.2) is 8.42 Å². The smallest absolute Gasteiger partial charge is 0.246 e. The summed E-state index contributed by atoms with van der Waals surface area (Å²) in [6.45, 7) is 5.12. The molecular formula is C13H19N3O4S. The van der Waals surface area contributed by atoms with Crippen LogP contribution < -0.4 is 15.4 Å². The van der Waals surface area contributed by atoms with Crippen LogP contribution >= 0.6 is 0 Å². The molecule has 4 N–H and O–H groups in total. The average Bonchev–Trinajstić information content (AvgIpc) is 2.32. The third kappa shape index (κ3) is 3.17. The monoisotopic (exact) mass is 313 g/mol. The highest BCUT2D eigenvalue weighted by Gasteiger charge is 2.42. The second kappa shape index (κ2) is 5.63. The second-order valence-electron chi connectivity index (χ2n) is 5.20. The summed E-state index contributed by atoms with van der Waals surface area (Å²) in [7, 11) is -3.94. The zero-order valence-corrected chi connectivity index (χ0v) is 12.9. The molecule has 21 heavy (non-hydrogen) atoms. The number of sulfonamides is 1. The van der Waals surface area contributed by atoms with Crippen LogP contribution in [-0.4, -0.2) is 37.1 Å². The van der Waals surface area contributed by atoms with Gasteiger partial charge >= 0.3 is 0 Å². The molecule has 1 heterocycles. The van der Waals surface area contributed by atoms with Gasteiger partial charge in [-0.3, -0.25) is 14.8 Å². The van der Waals surface area contributed by atoms with Crippen LogP contribution in [0.25, 0.3) is 0 Å². The molecule has 116 valence electrons. The Bertz CT molecular complexity index is 639. The number of anilines is 1. The highest BCUT2D eigenvalue weighted by atomic mass is 32.2. The maximum absolute atomic E-state index is 12.5. The fourth-order valence-corrected chi connectivity index (χ4v) is 4.11. The molecule has 0 radical (unpaired) electrons. The van der Waals surface area contributed by atoms with Crippen molar-refractivity contribution in [1.29, 1.82) is 0 Å². The molecule has 2 rings (SSSR count). The molecule has 1 aromatic rings. The Labute approximate surface area is 123 Å². The van der Waals surface area contributed by atoms with Crippen LogP contribution in [-0.2, 0) is 14.8 Å². The maximum Gasteiger partial charge on any atom is 0.246 e. The lowest BCUT2D eigenvalue weighted by molar-refractivity contribution is -0.127. The van der Waals surface area contributed by atoms with Crippen molar-refractivity contribution in [2.45, 2.75) is 38.4 Å². The molecule has 0 bridgehead atoms. The lowest BCUT2D eigenvalue weighted by atomic mass is 10.1. The van der Waals surface area contributed by atoms with Gasteiger partial charge in [-0.15, -0.1) is 0 Å². The summed E-state index contributed by atoms with van der Waals surface area (Å²) in [6.07, 6.45) is -1.24. The van der Waals surface area contributed by atoms with E-state index in [0.29, 0.717) is 5.69 Å². The van der Waals surface area contributed by atoms with Gasteiger partial charge in [0.1, 0.15) is 0 Å². The quantitative estimate of drug-likeness (QED) is 0.618. The molecule has 1 amide bonds. The van der Waals surface area contributed by atoms with Crippen LogP contribution in [0.5, 0.6) is 0 Å². The zero-order valence-electron chi connectivity index (χ0n) is 12.0. The predicted molar refractivity (Wildman–Crippen MR) is 79.0 cm³/mol. The van der Waals surface area contributed by atoms with Gasteiger partial charge in [0.15, 0.2) is 11.6 Å². The van der Waals surface area contributed by atoms with Crippen molar-refractivity contribution in [3.05, 3.63) is 29.3 Å². The lowest BCUT2D eigenvalue weighted by Gasteiger charge is -2.32. The van der Waals surface area contributed by atoms with E-state index in [1.54, 1.807) is 26.0 Å². The van der Waals surface area contributed by atoms with Gasteiger partial charge in [0.25, 0.3) is 0 Å². The molecule has 1 fully saturated rings. The van der Waals surface area contributed by atoms with Gasteiger partial charge in [0.2, 0.25) is 15.9 Å². The first kappa shape index (κ1) is 15.7. The molecule has 3 unspecified atom stereocenters. The molecule has 8 heteroatoms. The van der Waals surface area contributed by atoms with Crippen LogP contribution in [0.2, 0.25) is 0 Å². The topological polar surface area (TPSA) is 108 Å². The summed E-state index contributed by atoms with van der Waals surface area (Å²) in [4.78, 5) is 11.9. The molecule has 1 aliphatic rings. The van der Waals surface area contributed by atoms with Gasteiger partial charge in [0, 0.05) is 6.04 Å². The summed E-state index contributed by atoms with van der Waals surface area (Å²) in [5.74, 6) is -0.729.